The minimum atomic E-state index is 0.0444. The summed E-state index contributed by atoms with van der Waals surface area (Å²) in [7, 11) is 0. The third kappa shape index (κ3) is 3.24. The molecule has 2 aromatic heterocycles. The summed E-state index contributed by atoms with van der Waals surface area (Å²) in [4.78, 5) is 12.9. The molecule has 6 nitrogen and oxygen atoms in total. The van der Waals surface area contributed by atoms with E-state index in [1.165, 1.54) is 0 Å². The van der Waals surface area contributed by atoms with Crippen molar-refractivity contribution in [1.82, 2.24) is 19.5 Å². The number of halogens is 1. The van der Waals surface area contributed by atoms with E-state index in [2.05, 4.69) is 47.7 Å². The number of aromatic nitrogens is 4. The third-order valence-corrected chi connectivity index (χ3v) is 4.11. The molecule has 3 heterocycles. The van der Waals surface area contributed by atoms with Crippen LogP contribution in [-0.2, 0) is 11.3 Å². The molecule has 1 aliphatic heterocycles. The van der Waals surface area contributed by atoms with Gasteiger partial charge in [0, 0.05) is 50.4 Å². The van der Waals surface area contributed by atoms with E-state index in [-0.39, 0.29) is 6.10 Å². The van der Waals surface area contributed by atoms with Crippen LogP contribution in [0.4, 0.5) is 5.95 Å². The number of rotatable bonds is 5. The Balaban J connectivity index is 1.66. The molecule has 0 unspecified atom stereocenters. The Bertz CT molecular complexity index is 585. The number of anilines is 1. The van der Waals surface area contributed by atoms with Crippen LogP contribution in [0.5, 0.6) is 0 Å². The van der Waals surface area contributed by atoms with Crippen molar-refractivity contribution in [3.05, 3.63) is 35.1 Å². The van der Waals surface area contributed by atoms with Crippen molar-refractivity contribution in [3.8, 4) is 0 Å². The summed E-state index contributed by atoms with van der Waals surface area (Å²) in [5.74, 6) is 2.03. The lowest BCUT2D eigenvalue weighted by Gasteiger charge is -2.19. The lowest BCUT2D eigenvalue weighted by Crippen LogP contribution is -2.21. The molecule has 3 rings (SSSR count). The van der Waals surface area contributed by atoms with Crippen molar-refractivity contribution in [1.29, 1.82) is 0 Å². The Morgan fingerprint density at radius 2 is 2.19 bits per heavy atom. The fourth-order valence-corrected chi connectivity index (χ4v) is 2.80. The summed E-state index contributed by atoms with van der Waals surface area (Å²) in [6.07, 6.45) is 8.37. The molecule has 0 amide bonds. The molecule has 1 N–H and O–H groups in total. The zero-order valence-corrected chi connectivity index (χ0v) is 13.5. The maximum absolute atomic E-state index is 5.89. The van der Waals surface area contributed by atoms with Gasteiger partial charge in [-0.2, -0.15) is 0 Å². The SMILES string of the molecule is CCn1ccnc1[C@@H]1OCC[C@H]1CNc1ncc(Br)cn1. The van der Waals surface area contributed by atoms with Crippen LogP contribution in [0.2, 0.25) is 0 Å². The van der Waals surface area contributed by atoms with E-state index >= 15 is 0 Å². The summed E-state index contributed by atoms with van der Waals surface area (Å²) in [6.45, 7) is 4.58. The Hall–Kier alpha value is -1.47. The van der Waals surface area contributed by atoms with Gasteiger partial charge in [0.25, 0.3) is 0 Å². The molecule has 0 radical (unpaired) electrons. The monoisotopic (exact) mass is 351 g/mol. The molecule has 21 heavy (non-hydrogen) atoms. The molecule has 0 aromatic carbocycles. The van der Waals surface area contributed by atoms with Crippen LogP contribution in [0.1, 0.15) is 25.3 Å². The Kier molecular flexibility index (Phi) is 4.50. The highest BCUT2D eigenvalue weighted by atomic mass is 79.9. The number of nitrogens with one attached hydrogen (secondary N) is 1. The minimum Gasteiger partial charge on any atom is -0.370 e. The van der Waals surface area contributed by atoms with Gasteiger partial charge in [0.2, 0.25) is 5.95 Å². The van der Waals surface area contributed by atoms with Crippen molar-refractivity contribution < 1.29 is 4.74 Å². The first-order valence-electron chi connectivity index (χ1n) is 7.12. The van der Waals surface area contributed by atoms with E-state index in [1.807, 2.05) is 12.4 Å². The number of hydrogen-bond acceptors (Lipinski definition) is 5. The van der Waals surface area contributed by atoms with Crippen molar-refractivity contribution in [2.75, 3.05) is 18.5 Å². The van der Waals surface area contributed by atoms with E-state index in [4.69, 9.17) is 4.74 Å². The molecule has 0 aliphatic carbocycles. The fraction of sp³-hybridized carbons (Fsp3) is 0.500. The summed E-state index contributed by atoms with van der Waals surface area (Å²) < 4.78 is 8.90. The summed E-state index contributed by atoms with van der Waals surface area (Å²) in [5.41, 5.74) is 0. The zero-order valence-electron chi connectivity index (χ0n) is 11.9. The van der Waals surface area contributed by atoms with Gasteiger partial charge in [-0.1, -0.05) is 0 Å². The molecular formula is C14H18BrN5O. The topological polar surface area (TPSA) is 64.9 Å². The number of nitrogens with zero attached hydrogens (tertiary/aromatic N) is 4. The Morgan fingerprint density at radius 3 is 2.95 bits per heavy atom. The van der Waals surface area contributed by atoms with E-state index in [0.717, 1.165) is 36.4 Å². The Labute approximate surface area is 132 Å². The van der Waals surface area contributed by atoms with Gasteiger partial charge in [-0.25, -0.2) is 15.0 Å². The lowest BCUT2D eigenvalue weighted by atomic mass is 10.0. The first-order chi connectivity index (χ1) is 10.3. The van der Waals surface area contributed by atoms with Crippen molar-refractivity contribution in [3.63, 3.8) is 0 Å². The van der Waals surface area contributed by atoms with Crippen LogP contribution in [0.3, 0.4) is 0 Å². The van der Waals surface area contributed by atoms with Crippen LogP contribution < -0.4 is 5.32 Å². The van der Waals surface area contributed by atoms with E-state index in [9.17, 15) is 0 Å². The fourth-order valence-electron chi connectivity index (χ4n) is 2.60. The molecule has 112 valence electrons. The summed E-state index contributed by atoms with van der Waals surface area (Å²) in [6, 6.07) is 0. The maximum atomic E-state index is 5.89. The number of aryl methyl sites for hydroxylation is 1. The van der Waals surface area contributed by atoms with E-state index in [0.29, 0.717) is 11.9 Å². The standard InChI is InChI=1S/C14H18BrN5O/c1-2-20-5-4-16-13(20)12-10(3-6-21-12)7-17-14-18-8-11(15)9-19-14/h4-5,8-10,12H,2-3,6-7H2,1H3,(H,17,18,19)/t10-,12+/m0/s1. The quantitative estimate of drug-likeness (QED) is 0.896. The number of imidazole rings is 1. The maximum Gasteiger partial charge on any atom is 0.222 e. The predicted octanol–water partition coefficient (Wildman–Crippen LogP) is 2.65. The second kappa shape index (κ2) is 6.53. The highest BCUT2D eigenvalue weighted by Crippen LogP contribution is 2.33. The first-order valence-corrected chi connectivity index (χ1v) is 7.91. The van der Waals surface area contributed by atoms with Gasteiger partial charge >= 0.3 is 0 Å². The van der Waals surface area contributed by atoms with Gasteiger partial charge in [0.1, 0.15) is 11.9 Å². The highest BCUT2D eigenvalue weighted by Gasteiger charge is 2.32. The van der Waals surface area contributed by atoms with Crippen LogP contribution in [0.25, 0.3) is 0 Å². The van der Waals surface area contributed by atoms with Gasteiger partial charge in [-0.3, -0.25) is 0 Å². The molecule has 2 atom stereocenters. The van der Waals surface area contributed by atoms with Crippen LogP contribution >= 0.6 is 15.9 Å². The van der Waals surface area contributed by atoms with Crippen molar-refractivity contribution in [2.45, 2.75) is 26.0 Å². The zero-order chi connectivity index (χ0) is 14.7. The molecule has 1 saturated heterocycles. The number of hydrogen-bond donors (Lipinski definition) is 1. The smallest absolute Gasteiger partial charge is 0.222 e. The molecule has 0 saturated carbocycles. The van der Waals surface area contributed by atoms with Gasteiger partial charge in [-0.05, 0) is 29.3 Å². The van der Waals surface area contributed by atoms with Crippen molar-refractivity contribution in [2.24, 2.45) is 5.92 Å². The molecule has 7 heteroatoms. The Morgan fingerprint density at radius 1 is 1.38 bits per heavy atom. The van der Waals surface area contributed by atoms with Gasteiger partial charge in [-0.15, -0.1) is 0 Å². The molecule has 0 bridgehead atoms. The third-order valence-electron chi connectivity index (χ3n) is 3.70. The lowest BCUT2D eigenvalue weighted by molar-refractivity contribution is 0.0832. The minimum absolute atomic E-state index is 0.0444. The molecule has 1 aliphatic rings. The number of ether oxygens (including phenoxy) is 1. The van der Waals surface area contributed by atoms with Crippen molar-refractivity contribution >= 4 is 21.9 Å². The normalized spacial score (nSPS) is 21.6. The van der Waals surface area contributed by atoms with E-state index in [1.54, 1.807) is 12.4 Å². The average molecular weight is 352 g/mol. The van der Waals surface area contributed by atoms with Gasteiger partial charge in [0.05, 0.1) is 4.47 Å². The van der Waals surface area contributed by atoms with Crippen LogP contribution in [0, 0.1) is 5.92 Å². The second-order valence-electron chi connectivity index (χ2n) is 5.02. The first kappa shape index (κ1) is 14.5. The molecule has 0 spiro atoms. The molecule has 2 aromatic rings. The van der Waals surface area contributed by atoms with Crippen LogP contribution in [-0.4, -0.2) is 32.7 Å². The van der Waals surface area contributed by atoms with Crippen LogP contribution in [0.15, 0.2) is 29.3 Å². The molecule has 1 fully saturated rings. The average Bonchev–Trinajstić information content (AvgIpc) is 3.14. The summed E-state index contributed by atoms with van der Waals surface area (Å²) in [5, 5.41) is 3.28. The van der Waals surface area contributed by atoms with Gasteiger partial charge < -0.3 is 14.6 Å². The second-order valence-corrected chi connectivity index (χ2v) is 5.93. The van der Waals surface area contributed by atoms with E-state index < -0.39 is 0 Å². The van der Waals surface area contributed by atoms with Gasteiger partial charge in [0.15, 0.2) is 0 Å². The molecular weight excluding hydrogens is 334 g/mol. The summed E-state index contributed by atoms with van der Waals surface area (Å²) >= 11 is 3.33. The largest absolute Gasteiger partial charge is 0.370 e. The predicted molar refractivity (Wildman–Crippen MR) is 82.9 cm³/mol. The highest BCUT2D eigenvalue weighted by molar-refractivity contribution is 9.10.